The Morgan fingerprint density at radius 1 is 1.21 bits per heavy atom. The molecule has 0 fully saturated rings. The number of carbonyl (C=O) groups excluding carboxylic acids is 1. The van der Waals surface area contributed by atoms with E-state index in [1.165, 1.54) is 28.7 Å². The van der Waals surface area contributed by atoms with Crippen LogP contribution in [0.25, 0.3) is 0 Å². The quantitative estimate of drug-likeness (QED) is 0.583. The number of methoxy groups -OCH3 is 1. The molecule has 0 amide bonds. The number of aromatic amines is 1. The molecule has 0 spiro atoms. The highest BCUT2D eigenvalue weighted by Gasteiger charge is 2.40. The van der Waals surface area contributed by atoms with Crippen LogP contribution in [0.2, 0.25) is 0 Å². The van der Waals surface area contributed by atoms with E-state index in [1.807, 2.05) is 6.07 Å². The van der Waals surface area contributed by atoms with E-state index >= 15 is 0 Å². The summed E-state index contributed by atoms with van der Waals surface area (Å²) in [6.45, 7) is 3.27. The molecule has 1 unspecified atom stereocenters. The third-order valence-corrected chi connectivity index (χ3v) is 5.67. The zero-order valence-corrected chi connectivity index (χ0v) is 18.3. The number of rotatable bonds is 3. The van der Waals surface area contributed by atoms with Crippen molar-refractivity contribution < 1.29 is 22.7 Å². The number of hydrogen-bond acceptors (Lipinski definition) is 6. The van der Waals surface area contributed by atoms with E-state index in [9.17, 15) is 28.0 Å². The first kappa shape index (κ1) is 22.8. The van der Waals surface area contributed by atoms with Crippen LogP contribution in [-0.2, 0) is 15.7 Å². The summed E-state index contributed by atoms with van der Waals surface area (Å²) in [5, 5.41) is 15.6. The minimum absolute atomic E-state index is 0.00300. The molecule has 0 saturated carbocycles. The highest BCUT2D eigenvalue weighted by Crippen LogP contribution is 2.43. The van der Waals surface area contributed by atoms with Gasteiger partial charge in [0, 0.05) is 11.4 Å². The number of carbonyl (C=O) groups is 1. The van der Waals surface area contributed by atoms with Gasteiger partial charge >= 0.3 is 17.8 Å². The van der Waals surface area contributed by atoms with Crippen LogP contribution in [-0.4, -0.2) is 27.8 Å². The van der Waals surface area contributed by atoms with Crippen molar-refractivity contribution in [2.24, 2.45) is 0 Å². The minimum Gasteiger partial charge on any atom is -0.466 e. The van der Waals surface area contributed by atoms with E-state index in [1.54, 1.807) is 32.0 Å². The molecule has 0 saturated heterocycles. The molecule has 1 atom stereocenters. The largest absolute Gasteiger partial charge is 0.466 e. The van der Waals surface area contributed by atoms with Gasteiger partial charge in [-0.25, -0.2) is 19.3 Å². The molecule has 0 aliphatic carbocycles. The molecule has 2 aromatic carbocycles. The average Bonchev–Trinajstić information content (AvgIpc) is 3.18. The summed E-state index contributed by atoms with van der Waals surface area (Å²) in [5.74, 6) is -0.759. The van der Waals surface area contributed by atoms with Crippen LogP contribution in [0.1, 0.15) is 35.2 Å². The topological polar surface area (TPSA) is 104 Å². The van der Waals surface area contributed by atoms with Gasteiger partial charge < -0.3 is 4.74 Å². The molecular formula is C23H18F3N5O3. The highest BCUT2D eigenvalue weighted by atomic mass is 19.4. The van der Waals surface area contributed by atoms with Crippen LogP contribution in [0, 0.1) is 18.3 Å². The fourth-order valence-corrected chi connectivity index (χ4v) is 4.13. The standard InChI is InChI=1S/C23H18F3N5O3/c1-12-9-14(11-27)7-8-17(12)19-18(20(32)34-3)13(2)30(21-28-29-22(33)31(19)21)16-6-4-5-15(10-16)23(24,25)26/h4-10,19H,1-3H3,(H,29,33). The Kier molecular flexibility index (Phi) is 5.53. The minimum atomic E-state index is -4.60. The van der Waals surface area contributed by atoms with E-state index in [2.05, 4.69) is 10.2 Å². The second-order valence-electron chi connectivity index (χ2n) is 7.66. The van der Waals surface area contributed by atoms with Crippen molar-refractivity contribution in [3.8, 4) is 6.07 Å². The number of hydrogen-bond donors (Lipinski definition) is 1. The number of H-pyrrole nitrogens is 1. The predicted octanol–water partition coefficient (Wildman–Crippen LogP) is 3.96. The fourth-order valence-electron chi connectivity index (χ4n) is 4.13. The van der Waals surface area contributed by atoms with Gasteiger partial charge in [0.25, 0.3) is 0 Å². The number of benzene rings is 2. The monoisotopic (exact) mass is 469 g/mol. The number of aromatic nitrogens is 3. The zero-order chi connectivity index (χ0) is 24.8. The van der Waals surface area contributed by atoms with Crippen LogP contribution >= 0.6 is 0 Å². The molecule has 0 bridgehead atoms. The summed E-state index contributed by atoms with van der Waals surface area (Å²) in [4.78, 5) is 27.1. The number of aryl methyl sites for hydroxylation is 1. The molecule has 1 N–H and O–H groups in total. The number of fused-ring (bicyclic) bond motifs is 1. The van der Waals surface area contributed by atoms with E-state index < -0.39 is 29.4 Å². The number of esters is 1. The maximum absolute atomic E-state index is 13.4. The number of nitrogens with zero attached hydrogens (tertiary/aromatic N) is 4. The SMILES string of the molecule is COC(=O)C1=C(C)N(c2cccc(C(F)(F)F)c2)c2n[nH]c(=O)n2C1c1ccc(C#N)cc1C. The predicted molar refractivity (Wildman–Crippen MR) is 115 cm³/mol. The van der Waals surface area contributed by atoms with E-state index in [0.717, 1.165) is 12.1 Å². The van der Waals surface area contributed by atoms with Gasteiger partial charge in [-0.05, 0) is 55.3 Å². The van der Waals surface area contributed by atoms with Gasteiger partial charge in [0.2, 0.25) is 5.95 Å². The third kappa shape index (κ3) is 3.63. The molecule has 1 aliphatic rings. The number of nitriles is 1. The van der Waals surface area contributed by atoms with Crippen molar-refractivity contribution in [2.75, 3.05) is 12.0 Å². The van der Waals surface area contributed by atoms with Gasteiger partial charge in [-0.3, -0.25) is 4.90 Å². The third-order valence-electron chi connectivity index (χ3n) is 5.67. The Bertz CT molecular complexity index is 1430. The summed E-state index contributed by atoms with van der Waals surface area (Å²) in [7, 11) is 1.17. The molecule has 1 aliphatic heterocycles. The Morgan fingerprint density at radius 3 is 2.56 bits per heavy atom. The van der Waals surface area contributed by atoms with Crippen molar-refractivity contribution in [1.29, 1.82) is 5.26 Å². The molecule has 2 heterocycles. The van der Waals surface area contributed by atoms with Crippen molar-refractivity contribution in [3.63, 3.8) is 0 Å². The van der Waals surface area contributed by atoms with E-state index in [0.29, 0.717) is 16.7 Å². The summed E-state index contributed by atoms with van der Waals surface area (Å²) < 4.78 is 46.3. The Balaban J connectivity index is 2.02. The zero-order valence-electron chi connectivity index (χ0n) is 18.3. The summed E-state index contributed by atoms with van der Waals surface area (Å²) in [6.07, 6.45) is -4.60. The first-order chi connectivity index (χ1) is 16.1. The van der Waals surface area contributed by atoms with Crippen LogP contribution in [0.15, 0.2) is 58.5 Å². The highest BCUT2D eigenvalue weighted by molar-refractivity contribution is 5.93. The first-order valence-electron chi connectivity index (χ1n) is 10.0. The number of anilines is 2. The lowest BCUT2D eigenvalue weighted by atomic mass is 9.90. The lowest BCUT2D eigenvalue weighted by Gasteiger charge is -2.36. The molecule has 8 nitrogen and oxygen atoms in total. The number of halogens is 3. The molecule has 1 aromatic heterocycles. The lowest BCUT2D eigenvalue weighted by molar-refractivity contribution is -0.138. The van der Waals surface area contributed by atoms with Gasteiger partial charge in [0.05, 0.1) is 29.9 Å². The van der Waals surface area contributed by atoms with Gasteiger partial charge in [-0.15, -0.1) is 5.10 Å². The lowest BCUT2D eigenvalue weighted by Crippen LogP contribution is -2.38. The molecule has 3 aromatic rings. The van der Waals surface area contributed by atoms with Crippen molar-refractivity contribution in [1.82, 2.24) is 14.8 Å². The smallest absolute Gasteiger partial charge is 0.416 e. The Hall–Kier alpha value is -4.33. The normalized spacial score (nSPS) is 15.7. The van der Waals surface area contributed by atoms with Gasteiger partial charge in [0.15, 0.2) is 0 Å². The molecule has 0 radical (unpaired) electrons. The Labute approximate surface area is 191 Å². The van der Waals surface area contributed by atoms with E-state index in [-0.39, 0.29) is 22.9 Å². The summed E-state index contributed by atoms with van der Waals surface area (Å²) in [6, 6.07) is 10.3. The molecule has 174 valence electrons. The Morgan fingerprint density at radius 2 is 1.94 bits per heavy atom. The second kappa shape index (κ2) is 8.22. The van der Waals surface area contributed by atoms with Crippen molar-refractivity contribution in [2.45, 2.75) is 26.1 Å². The fraction of sp³-hybridized carbons (Fsp3) is 0.217. The van der Waals surface area contributed by atoms with Crippen LogP contribution < -0.4 is 10.6 Å². The second-order valence-corrected chi connectivity index (χ2v) is 7.66. The van der Waals surface area contributed by atoms with Crippen molar-refractivity contribution in [3.05, 3.63) is 86.5 Å². The average molecular weight is 469 g/mol. The number of nitrogens with one attached hydrogen (secondary N) is 1. The maximum atomic E-state index is 13.4. The summed E-state index contributed by atoms with van der Waals surface area (Å²) >= 11 is 0. The van der Waals surface area contributed by atoms with Crippen LogP contribution in [0.4, 0.5) is 24.8 Å². The first-order valence-corrected chi connectivity index (χ1v) is 10.0. The van der Waals surface area contributed by atoms with Crippen LogP contribution in [0.5, 0.6) is 0 Å². The molecule has 4 rings (SSSR count). The number of alkyl halides is 3. The van der Waals surface area contributed by atoms with E-state index in [4.69, 9.17) is 4.74 Å². The number of ether oxygens (including phenoxy) is 1. The molecular weight excluding hydrogens is 451 g/mol. The van der Waals surface area contributed by atoms with Gasteiger partial charge in [-0.1, -0.05) is 12.1 Å². The summed E-state index contributed by atoms with van der Waals surface area (Å²) in [5.41, 5.74) is 0.334. The van der Waals surface area contributed by atoms with Gasteiger partial charge in [-0.2, -0.15) is 18.4 Å². The van der Waals surface area contributed by atoms with Gasteiger partial charge in [0.1, 0.15) is 6.04 Å². The molecule has 11 heteroatoms. The maximum Gasteiger partial charge on any atom is 0.416 e. The van der Waals surface area contributed by atoms with Crippen molar-refractivity contribution >= 4 is 17.6 Å². The number of allylic oxidation sites excluding steroid dienone is 1. The van der Waals surface area contributed by atoms with Crippen LogP contribution in [0.3, 0.4) is 0 Å². The molecule has 34 heavy (non-hydrogen) atoms.